The molecular formula is C18H21NO6S. The van der Waals surface area contributed by atoms with E-state index in [1.54, 1.807) is 13.0 Å². The van der Waals surface area contributed by atoms with Crippen molar-refractivity contribution in [3.63, 3.8) is 0 Å². The van der Waals surface area contributed by atoms with Gasteiger partial charge < -0.3 is 24.1 Å². The molecule has 2 aromatic carbocycles. The molecule has 140 valence electrons. The summed E-state index contributed by atoms with van der Waals surface area (Å²) in [6.07, 6.45) is 0.986. The molecule has 0 spiro atoms. The Bertz CT molecular complexity index is 882. The second-order valence-corrected chi connectivity index (χ2v) is 7.62. The van der Waals surface area contributed by atoms with E-state index in [0.717, 1.165) is 11.8 Å². The lowest BCUT2D eigenvalue weighted by molar-refractivity contribution is 0.107. The van der Waals surface area contributed by atoms with Gasteiger partial charge in [-0.2, -0.15) is 8.42 Å². The molecule has 1 heterocycles. The van der Waals surface area contributed by atoms with E-state index in [1.807, 2.05) is 30.3 Å². The van der Waals surface area contributed by atoms with Crippen LogP contribution < -0.4 is 19.4 Å². The summed E-state index contributed by atoms with van der Waals surface area (Å²) in [7, 11) is -3.68. The largest absolute Gasteiger partial charge is 0.453 e. The molecule has 0 amide bonds. The highest BCUT2D eigenvalue weighted by Gasteiger charge is 2.28. The molecule has 0 aromatic heterocycles. The maximum absolute atomic E-state index is 11.5. The number of rotatable bonds is 7. The van der Waals surface area contributed by atoms with Crippen LogP contribution in [-0.4, -0.2) is 28.1 Å². The fraction of sp³-hybridized carbons (Fsp3) is 0.333. The van der Waals surface area contributed by atoms with Crippen molar-refractivity contribution >= 4 is 10.1 Å². The minimum absolute atomic E-state index is 0.0447. The Balaban J connectivity index is 1.79. The van der Waals surface area contributed by atoms with Crippen molar-refractivity contribution in [3.05, 3.63) is 53.1 Å². The number of nitrogens with two attached hydrogens (primary N) is 1. The van der Waals surface area contributed by atoms with Gasteiger partial charge in [-0.1, -0.05) is 30.3 Å². The van der Waals surface area contributed by atoms with E-state index in [1.165, 1.54) is 0 Å². The maximum Gasteiger partial charge on any atom is 0.306 e. The molecule has 26 heavy (non-hydrogen) atoms. The normalized spacial score (nSPS) is 14.3. The van der Waals surface area contributed by atoms with Crippen LogP contribution in [0, 0.1) is 6.92 Å². The summed E-state index contributed by atoms with van der Waals surface area (Å²) < 4.78 is 44.7. The van der Waals surface area contributed by atoms with Crippen LogP contribution in [0.2, 0.25) is 0 Å². The summed E-state index contributed by atoms with van der Waals surface area (Å²) in [5.74, 6) is 1.11. The van der Waals surface area contributed by atoms with Crippen LogP contribution in [0.1, 0.15) is 22.7 Å². The maximum atomic E-state index is 11.5. The molecular weight excluding hydrogens is 358 g/mol. The molecule has 0 aliphatic carbocycles. The van der Waals surface area contributed by atoms with Crippen molar-refractivity contribution in [2.45, 2.75) is 19.6 Å². The van der Waals surface area contributed by atoms with E-state index in [2.05, 4.69) is 0 Å². The molecule has 3 rings (SSSR count). The van der Waals surface area contributed by atoms with Crippen molar-refractivity contribution in [1.82, 2.24) is 0 Å². The van der Waals surface area contributed by atoms with Crippen LogP contribution in [0.5, 0.6) is 17.2 Å². The van der Waals surface area contributed by atoms with Crippen LogP contribution in [-0.2, 0) is 21.5 Å². The molecule has 0 fully saturated rings. The first-order valence-corrected chi connectivity index (χ1v) is 9.86. The number of benzene rings is 2. The molecule has 0 unspecified atom stereocenters. The van der Waals surface area contributed by atoms with Crippen molar-refractivity contribution in [2.75, 3.05) is 19.7 Å². The van der Waals surface area contributed by atoms with Gasteiger partial charge in [-0.25, -0.2) is 0 Å². The number of hydrogen-bond donors (Lipinski definition) is 1. The van der Waals surface area contributed by atoms with Gasteiger partial charge in [0.05, 0.1) is 25.5 Å². The lowest BCUT2D eigenvalue weighted by Crippen LogP contribution is -2.18. The van der Waals surface area contributed by atoms with Crippen molar-refractivity contribution in [3.8, 4) is 17.2 Å². The molecule has 1 atom stereocenters. The minimum atomic E-state index is -3.68. The minimum Gasteiger partial charge on any atom is -0.453 e. The molecule has 7 nitrogen and oxygen atoms in total. The zero-order chi connectivity index (χ0) is 18.7. The molecule has 2 aromatic rings. The topological polar surface area (TPSA) is 97.1 Å². The molecule has 0 saturated carbocycles. The Labute approximate surface area is 152 Å². The first-order chi connectivity index (χ1) is 12.3. The zero-order valence-electron chi connectivity index (χ0n) is 14.6. The van der Waals surface area contributed by atoms with Crippen LogP contribution >= 0.6 is 0 Å². The van der Waals surface area contributed by atoms with E-state index < -0.39 is 16.2 Å². The quantitative estimate of drug-likeness (QED) is 0.737. The monoisotopic (exact) mass is 379 g/mol. The average molecular weight is 379 g/mol. The summed E-state index contributed by atoms with van der Waals surface area (Å²) in [5, 5.41) is 0. The van der Waals surface area contributed by atoms with Gasteiger partial charge in [-0.05, 0) is 18.6 Å². The highest BCUT2D eigenvalue weighted by molar-refractivity contribution is 7.86. The predicted octanol–water partition coefficient (Wildman–Crippen LogP) is 2.28. The smallest absolute Gasteiger partial charge is 0.306 e. The molecule has 0 bridgehead atoms. The fourth-order valence-electron chi connectivity index (χ4n) is 2.69. The molecule has 0 saturated heterocycles. The lowest BCUT2D eigenvalue weighted by Gasteiger charge is -2.18. The van der Waals surface area contributed by atoms with E-state index in [0.29, 0.717) is 29.2 Å². The Morgan fingerprint density at radius 3 is 2.58 bits per heavy atom. The Morgan fingerprint density at radius 1 is 1.19 bits per heavy atom. The molecule has 8 heteroatoms. The van der Waals surface area contributed by atoms with Gasteiger partial charge in [0.2, 0.25) is 6.79 Å². The van der Waals surface area contributed by atoms with E-state index in [-0.39, 0.29) is 19.1 Å². The third kappa shape index (κ3) is 4.27. The highest BCUT2D eigenvalue weighted by atomic mass is 32.2. The molecule has 2 N–H and O–H groups in total. The van der Waals surface area contributed by atoms with E-state index in [4.69, 9.17) is 24.1 Å². The van der Waals surface area contributed by atoms with Crippen LogP contribution in [0.25, 0.3) is 0 Å². The van der Waals surface area contributed by atoms with E-state index >= 15 is 0 Å². The molecule has 1 aliphatic heterocycles. The summed E-state index contributed by atoms with van der Waals surface area (Å²) in [6.45, 7) is 2.40. The Kier molecular flexibility index (Phi) is 5.36. The van der Waals surface area contributed by atoms with Gasteiger partial charge in [0, 0.05) is 11.1 Å². The number of fused-ring (bicyclic) bond motifs is 1. The van der Waals surface area contributed by atoms with Gasteiger partial charge in [-0.15, -0.1) is 0 Å². The van der Waals surface area contributed by atoms with Crippen LogP contribution in [0.4, 0.5) is 0 Å². The van der Waals surface area contributed by atoms with Gasteiger partial charge in [0.1, 0.15) is 5.75 Å². The Hall–Kier alpha value is -2.29. The fourth-order valence-corrected chi connectivity index (χ4v) is 3.19. The van der Waals surface area contributed by atoms with Gasteiger partial charge in [0.25, 0.3) is 0 Å². The van der Waals surface area contributed by atoms with Crippen molar-refractivity contribution < 1.29 is 26.8 Å². The Morgan fingerprint density at radius 2 is 1.88 bits per heavy atom. The summed E-state index contributed by atoms with van der Waals surface area (Å²) in [4.78, 5) is 0. The van der Waals surface area contributed by atoms with Crippen molar-refractivity contribution in [2.24, 2.45) is 5.73 Å². The van der Waals surface area contributed by atoms with Crippen molar-refractivity contribution in [1.29, 1.82) is 0 Å². The molecule has 1 aliphatic rings. The highest BCUT2D eigenvalue weighted by Crippen LogP contribution is 2.45. The summed E-state index contributed by atoms with van der Waals surface area (Å²) in [6, 6.07) is 10.8. The van der Waals surface area contributed by atoms with Crippen LogP contribution in [0.3, 0.4) is 0 Å². The number of hydrogen-bond acceptors (Lipinski definition) is 7. The summed E-state index contributed by atoms with van der Waals surface area (Å²) in [5.41, 5.74) is 8.41. The number of ether oxygens (including phenoxy) is 3. The van der Waals surface area contributed by atoms with Gasteiger partial charge in [0.15, 0.2) is 11.5 Å². The standard InChI is InChI=1S/C18H21NO6S/c1-12-16(25-26(2,20)21)8-14(18-17(12)23-11-24-18)15(19)10-22-9-13-6-4-3-5-7-13/h3-8,15H,9-11,19H2,1-2H3/t15-/m0/s1. The van der Waals surface area contributed by atoms with E-state index in [9.17, 15) is 8.42 Å². The molecule has 0 radical (unpaired) electrons. The van der Waals surface area contributed by atoms with Gasteiger partial charge in [-0.3, -0.25) is 0 Å². The first-order valence-electron chi connectivity index (χ1n) is 8.05. The second-order valence-electron chi connectivity index (χ2n) is 6.05. The third-order valence-electron chi connectivity index (χ3n) is 3.92. The second kappa shape index (κ2) is 7.53. The average Bonchev–Trinajstić information content (AvgIpc) is 3.07. The first kappa shape index (κ1) is 18.5. The van der Waals surface area contributed by atoms with Gasteiger partial charge >= 0.3 is 10.1 Å². The predicted molar refractivity (Wildman–Crippen MR) is 95.8 cm³/mol. The lowest BCUT2D eigenvalue weighted by atomic mass is 10.0. The SMILES string of the molecule is Cc1c(OS(C)(=O)=O)cc([C@@H](N)COCc2ccccc2)c2c1OCO2. The summed E-state index contributed by atoms with van der Waals surface area (Å²) >= 11 is 0. The third-order valence-corrected chi connectivity index (χ3v) is 4.40. The zero-order valence-corrected chi connectivity index (χ0v) is 15.4. The van der Waals surface area contributed by atoms with Crippen LogP contribution in [0.15, 0.2) is 36.4 Å².